The van der Waals surface area contributed by atoms with Crippen LogP contribution in [0.2, 0.25) is 0 Å². The SMILES string of the molecule is CC1(CS(=O)(=O)N2CC=C(C#Cc3ccc(C(F)(F)F)nc3)CC2)NC(=O)NC1=O. The van der Waals surface area contributed by atoms with Crippen molar-refractivity contribution in [2.45, 2.75) is 25.1 Å². The van der Waals surface area contributed by atoms with Crippen LogP contribution >= 0.6 is 0 Å². The zero-order chi connectivity index (χ0) is 22.2. The predicted molar refractivity (Wildman–Crippen MR) is 99.3 cm³/mol. The predicted octanol–water partition coefficient (Wildman–Crippen LogP) is 1.01. The summed E-state index contributed by atoms with van der Waals surface area (Å²) in [5, 5.41) is 4.33. The van der Waals surface area contributed by atoms with Crippen LogP contribution in [0.15, 0.2) is 30.0 Å². The maximum Gasteiger partial charge on any atom is 0.433 e. The molecule has 1 saturated heterocycles. The highest BCUT2D eigenvalue weighted by atomic mass is 32.2. The molecule has 0 bridgehead atoms. The minimum atomic E-state index is -4.52. The van der Waals surface area contributed by atoms with E-state index in [2.05, 4.69) is 22.1 Å². The summed E-state index contributed by atoms with van der Waals surface area (Å²) in [6.45, 7) is 1.49. The fraction of sp³-hybridized carbons (Fsp3) is 0.389. The maximum absolute atomic E-state index is 12.6. The number of carbonyl (C=O) groups is 2. The molecule has 1 fully saturated rings. The normalized spacial score (nSPS) is 22.6. The number of hydrogen-bond donors (Lipinski definition) is 2. The van der Waals surface area contributed by atoms with Crippen molar-refractivity contribution in [2.75, 3.05) is 18.8 Å². The molecule has 2 aliphatic rings. The number of pyridine rings is 1. The quantitative estimate of drug-likeness (QED) is 0.537. The first-order valence-corrected chi connectivity index (χ1v) is 10.4. The Morgan fingerprint density at radius 3 is 2.50 bits per heavy atom. The number of imide groups is 1. The van der Waals surface area contributed by atoms with Gasteiger partial charge >= 0.3 is 12.2 Å². The van der Waals surface area contributed by atoms with Gasteiger partial charge in [0.25, 0.3) is 5.91 Å². The molecule has 160 valence electrons. The molecular formula is C18H17F3N4O4S. The summed E-state index contributed by atoms with van der Waals surface area (Å²) in [6, 6.07) is 1.31. The van der Waals surface area contributed by atoms with E-state index in [4.69, 9.17) is 0 Å². The zero-order valence-electron chi connectivity index (χ0n) is 15.7. The minimum Gasteiger partial charge on any atom is -0.322 e. The molecule has 0 aromatic carbocycles. The van der Waals surface area contributed by atoms with Gasteiger partial charge in [-0.1, -0.05) is 17.9 Å². The Hall–Kier alpha value is -2.91. The number of hydrogen-bond acceptors (Lipinski definition) is 5. The van der Waals surface area contributed by atoms with Crippen LogP contribution in [0.25, 0.3) is 0 Å². The van der Waals surface area contributed by atoms with E-state index >= 15 is 0 Å². The van der Waals surface area contributed by atoms with Gasteiger partial charge in [0.05, 0.1) is 5.75 Å². The molecule has 2 N–H and O–H groups in total. The van der Waals surface area contributed by atoms with Gasteiger partial charge in [0.1, 0.15) is 11.2 Å². The third kappa shape index (κ3) is 4.80. The average Bonchev–Trinajstić information content (AvgIpc) is 2.90. The van der Waals surface area contributed by atoms with Crippen LogP contribution in [0.3, 0.4) is 0 Å². The van der Waals surface area contributed by atoms with Crippen molar-refractivity contribution >= 4 is 22.0 Å². The zero-order valence-corrected chi connectivity index (χ0v) is 16.5. The van der Waals surface area contributed by atoms with E-state index in [0.29, 0.717) is 17.6 Å². The lowest BCUT2D eigenvalue weighted by atomic mass is 10.1. The highest BCUT2D eigenvalue weighted by Gasteiger charge is 2.46. The van der Waals surface area contributed by atoms with E-state index in [1.165, 1.54) is 17.3 Å². The lowest BCUT2D eigenvalue weighted by Crippen LogP contribution is -2.52. The highest BCUT2D eigenvalue weighted by Crippen LogP contribution is 2.27. The van der Waals surface area contributed by atoms with E-state index in [0.717, 1.165) is 12.3 Å². The van der Waals surface area contributed by atoms with Gasteiger partial charge in [-0.05, 0) is 25.5 Å². The first kappa shape index (κ1) is 21.8. The second kappa shape index (κ2) is 7.73. The molecule has 0 spiro atoms. The van der Waals surface area contributed by atoms with E-state index in [1.807, 2.05) is 5.32 Å². The number of nitrogens with zero attached hydrogens (tertiary/aromatic N) is 2. The largest absolute Gasteiger partial charge is 0.433 e. The third-order valence-corrected chi connectivity index (χ3v) is 6.64. The monoisotopic (exact) mass is 442 g/mol. The number of amides is 3. The average molecular weight is 442 g/mol. The molecule has 1 aromatic rings. The number of rotatable bonds is 3. The standard InChI is InChI=1S/C18H17F3N4O4S/c1-17(15(26)23-16(27)24-17)11-30(28,29)25-8-6-12(7-9-25)2-3-13-4-5-14(22-10-13)18(19,20)21/h4-6,10H,7-9,11H2,1H3,(H2,23,24,26,27). The molecule has 1 atom stereocenters. The maximum atomic E-state index is 12.6. The van der Waals surface area contributed by atoms with Crippen molar-refractivity contribution in [1.82, 2.24) is 19.9 Å². The van der Waals surface area contributed by atoms with Crippen LogP contribution in [0.5, 0.6) is 0 Å². The molecule has 0 radical (unpaired) electrons. The van der Waals surface area contributed by atoms with Crippen LogP contribution in [0.4, 0.5) is 18.0 Å². The first-order valence-electron chi connectivity index (χ1n) is 8.75. The Morgan fingerprint density at radius 2 is 2.00 bits per heavy atom. The Kier molecular flexibility index (Phi) is 5.62. The van der Waals surface area contributed by atoms with Gasteiger partial charge < -0.3 is 5.32 Å². The number of carbonyl (C=O) groups excluding carboxylic acids is 2. The summed E-state index contributed by atoms with van der Waals surface area (Å²) >= 11 is 0. The van der Waals surface area contributed by atoms with Crippen LogP contribution in [-0.2, 0) is 21.0 Å². The summed E-state index contributed by atoms with van der Waals surface area (Å²) in [5.74, 6) is 4.23. The van der Waals surface area contributed by atoms with Gasteiger partial charge in [-0.25, -0.2) is 13.2 Å². The van der Waals surface area contributed by atoms with Crippen LogP contribution in [0, 0.1) is 11.8 Å². The number of urea groups is 1. The molecule has 2 aliphatic heterocycles. The second-order valence-corrected chi connectivity index (χ2v) is 8.98. The van der Waals surface area contributed by atoms with E-state index < -0.39 is 45.1 Å². The van der Waals surface area contributed by atoms with E-state index in [9.17, 15) is 31.2 Å². The minimum absolute atomic E-state index is 0.0310. The topological polar surface area (TPSA) is 108 Å². The molecule has 1 aromatic heterocycles. The van der Waals surface area contributed by atoms with Crippen molar-refractivity contribution in [3.05, 3.63) is 41.2 Å². The van der Waals surface area contributed by atoms with E-state index in [-0.39, 0.29) is 13.1 Å². The Balaban J connectivity index is 1.65. The van der Waals surface area contributed by atoms with Crippen molar-refractivity contribution in [1.29, 1.82) is 0 Å². The number of alkyl halides is 3. The molecule has 30 heavy (non-hydrogen) atoms. The van der Waals surface area contributed by atoms with Gasteiger partial charge in [-0.2, -0.15) is 17.5 Å². The number of sulfonamides is 1. The molecule has 0 aliphatic carbocycles. The molecular weight excluding hydrogens is 425 g/mol. The number of aromatic nitrogens is 1. The van der Waals surface area contributed by atoms with Crippen LogP contribution in [-0.4, -0.2) is 54.0 Å². The van der Waals surface area contributed by atoms with Crippen molar-refractivity contribution in [3.8, 4) is 11.8 Å². The summed E-state index contributed by atoms with van der Waals surface area (Å²) in [5.41, 5.74) is -1.61. The van der Waals surface area contributed by atoms with Gasteiger partial charge in [0, 0.05) is 30.4 Å². The van der Waals surface area contributed by atoms with Crippen molar-refractivity contribution in [3.63, 3.8) is 0 Å². The Bertz CT molecular complexity index is 1070. The lowest BCUT2D eigenvalue weighted by Gasteiger charge is -2.28. The summed E-state index contributed by atoms with van der Waals surface area (Å²) in [7, 11) is -3.84. The lowest BCUT2D eigenvalue weighted by molar-refractivity contribution is -0.141. The van der Waals surface area contributed by atoms with Gasteiger partial charge in [-0.15, -0.1) is 0 Å². The Labute approximate surface area is 170 Å². The highest BCUT2D eigenvalue weighted by molar-refractivity contribution is 7.89. The van der Waals surface area contributed by atoms with Gasteiger partial charge in [0.2, 0.25) is 10.0 Å². The molecule has 0 saturated carbocycles. The van der Waals surface area contributed by atoms with Crippen molar-refractivity contribution < 1.29 is 31.2 Å². The smallest absolute Gasteiger partial charge is 0.322 e. The van der Waals surface area contributed by atoms with Crippen LogP contribution in [0.1, 0.15) is 24.6 Å². The van der Waals surface area contributed by atoms with E-state index in [1.54, 1.807) is 6.08 Å². The molecule has 1 unspecified atom stereocenters. The molecule has 3 heterocycles. The fourth-order valence-corrected chi connectivity index (χ4v) is 4.73. The summed E-state index contributed by atoms with van der Waals surface area (Å²) < 4.78 is 64.0. The fourth-order valence-electron chi connectivity index (χ4n) is 2.94. The first-order chi connectivity index (χ1) is 13.9. The summed E-state index contributed by atoms with van der Waals surface area (Å²) in [6.07, 6.45) is -1.60. The number of nitrogens with one attached hydrogen (secondary N) is 2. The third-order valence-electron chi connectivity index (χ3n) is 4.58. The molecule has 3 amide bonds. The van der Waals surface area contributed by atoms with Gasteiger partial charge in [0.15, 0.2) is 0 Å². The molecule has 12 heteroatoms. The van der Waals surface area contributed by atoms with Crippen molar-refractivity contribution in [2.24, 2.45) is 0 Å². The molecule has 3 rings (SSSR count). The summed E-state index contributed by atoms with van der Waals surface area (Å²) in [4.78, 5) is 26.5. The molecule has 8 nitrogen and oxygen atoms in total. The number of halogens is 3. The Morgan fingerprint density at radius 1 is 1.27 bits per heavy atom. The second-order valence-electron chi connectivity index (χ2n) is 7.01. The van der Waals surface area contributed by atoms with Gasteiger partial charge in [-0.3, -0.25) is 15.1 Å². The van der Waals surface area contributed by atoms with Crippen LogP contribution < -0.4 is 10.6 Å².